The van der Waals surface area contributed by atoms with Crippen LogP contribution in [0.3, 0.4) is 0 Å². The summed E-state index contributed by atoms with van der Waals surface area (Å²) >= 11 is 0. The maximum atomic E-state index is 13.2. The molecule has 0 aliphatic carbocycles. The van der Waals surface area contributed by atoms with Crippen molar-refractivity contribution in [3.8, 4) is 6.01 Å². The molecule has 0 spiro atoms. The third-order valence-corrected chi connectivity index (χ3v) is 9.46. The van der Waals surface area contributed by atoms with Crippen LogP contribution in [-0.4, -0.2) is 110 Å². The van der Waals surface area contributed by atoms with E-state index in [9.17, 15) is 18.8 Å². The fourth-order valence-corrected chi connectivity index (χ4v) is 6.56. The Bertz CT molecular complexity index is 1680. The van der Waals surface area contributed by atoms with Crippen LogP contribution < -0.4 is 10.1 Å². The van der Waals surface area contributed by atoms with Crippen LogP contribution in [0.5, 0.6) is 6.01 Å². The molecule has 3 aliphatic heterocycles. The van der Waals surface area contributed by atoms with Gasteiger partial charge in [0.25, 0.3) is 5.91 Å². The van der Waals surface area contributed by atoms with Crippen molar-refractivity contribution in [2.75, 3.05) is 51.1 Å². The van der Waals surface area contributed by atoms with Gasteiger partial charge in [-0.3, -0.25) is 4.79 Å². The molecule has 0 bridgehead atoms. The number of carbonyl (C=O) groups is 3. The maximum Gasteiger partial charge on any atom is 0.410 e. The topological polar surface area (TPSA) is 144 Å². The number of nitrogens with zero attached hydrogens (tertiary/aromatic N) is 7. The Morgan fingerprint density at radius 3 is 2.42 bits per heavy atom. The van der Waals surface area contributed by atoms with E-state index in [1.54, 1.807) is 20.5 Å². The molecule has 15 heteroatoms. The minimum Gasteiger partial charge on any atom is -0.458 e. The fourth-order valence-electron chi connectivity index (χ4n) is 6.56. The van der Waals surface area contributed by atoms with Gasteiger partial charge < -0.3 is 34.2 Å². The average Bonchev–Trinajstić information content (AvgIpc) is 3.77. The van der Waals surface area contributed by atoms with Gasteiger partial charge in [0.1, 0.15) is 18.8 Å². The van der Waals surface area contributed by atoms with Gasteiger partial charge in [0.15, 0.2) is 11.5 Å². The van der Waals surface area contributed by atoms with E-state index < -0.39 is 23.9 Å². The van der Waals surface area contributed by atoms with Crippen LogP contribution >= 0.6 is 0 Å². The largest absolute Gasteiger partial charge is 0.458 e. The molecule has 268 valence electrons. The van der Waals surface area contributed by atoms with E-state index in [1.165, 1.54) is 4.90 Å². The summed E-state index contributed by atoms with van der Waals surface area (Å²) in [6.45, 7) is 10.5. The van der Waals surface area contributed by atoms with E-state index in [2.05, 4.69) is 30.8 Å². The Morgan fingerprint density at radius 1 is 0.940 bits per heavy atom. The lowest BCUT2D eigenvalue weighted by atomic mass is 9.97. The summed E-state index contributed by atoms with van der Waals surface area (Å²) in [5.74, 6) is -0.832. The quantitative estimate of drug-likeness (QED) is 0.295. The zero-order valence-electron chi connectivity index (χ0n) is 28.6. The summed E-state index contributed by atoms with van der Waals surface area (Å²) in [5, 5.41) is 8.02. The van der Waals surface area contributed by atoms with E-state index >= 15 is 0 Å². The highest BCUT2D eigenvalue weighted by atomic mass is 19.1. The number of fused-ring (bicyclic) bond motifs is 1. The van der Waals surface area contributed by atoms with E-state index in [0.717, 1.165) is 36.8 Å². The van der Waals surface area contributed by atoms with Gasteiger partial charge in [0.05, 0.1) is 19.3 Å². The van der Waals surface area contributed by atoms with Crippen molar-refractivity contribution in [2.45, 2.75) is 70.7 Å². The molecule has 3 fully saturated rings. The van der Waals surface area contributed by atoms with Crippen LogP contribution in [0.2, 0.25) is 0 Å². The number of ether oxygens (including phenoxy) is 3. The number of likely N-dealkylation sites (tertiary alicyclic amines) is 3. The van der Waals surface area contributed by atoms with Crippen molar-refractivity contribution in [3.05, 3.63) is 60.1 Å². The van der Waals surface area contributed by atoms with Gasteiger partial charge in [-0.2, -0.15) is 19.6 Å². The van der Waals surface area contributed by atoms with Crippen molar-refractivity contribution in [2.24, 2.45) is 5.92 Å². The number of hydrogen-bond acceptors (Lipinski definition) is 10. The van der Waals surface area contributed by atoms with Crippen LogP contribution in [0.1, 0.15) is 63.0 Å². The number of amides is 3. The Labute approximate surface area is 290 Å². The minimum absolute atomic E-state index is 0.166. The van der Waals surface area contributed by atoms with Gasteiger partial charge in [0, 0.05) is 44.7 Å². The molecule has 5 heterocycles. The first-order valence-corrected chi connectivity index (χ1v) is 17.4. The van der Waals surface area contributed by atoms with Gasteiger partial charge in [-0.25, -0.2) is 14.0 Å². The number of carbonyl (C=O) groups excluding carboxylic acids is 3. The normalized spacial score (nSPS) is 19.9. The summed E-state index contributed by atoms with van der Waals surface area (Å²) in [7, 11) is 0. The monoisotopic (exact) mass is 692 g/mol. The standard InChI is InChI=1S/C35H45FN8O6/c1-23(2)29-19-38-44-30(29)39-33(49-27-10-7-14-43(21-27)34(46)48-22-26-8-5-4-6-9-26)40-32(44)37-18-25-11-15-41(16-12-25)35(47)50-28-13-17-42(20-28)31(45)24(3)36/h4-6,8-9,19,23,25,27-28H,3,7,10-18,20-22H2,1-2H3,(H,37,39,40)/t27-,28?/m1/s1. The number of anilines is 1. The molecule has 2 atom stereocenters. The molecular formula is C35H45FN8O6. The Morgan fingerprint density at radius 2 is 1.68 bits per heavy atom. The molecule has 3 aliphatic rings. The number of nitrogens with one attached hydrogen (secondary N) is 1. The molecule has 0 radical (unpaired) electrons. The average molecular weight is 693 g/mol. The fraction of sp³-hybridized carbons (Fsp3) is 0.543. The second-order valence-corrected chi connectivity index (χ2v) is 13.4. The van der Waals surface area contributed by atoms with Crippen LogP contribution in [-0.2, 0) is 20.9 Å². The van der Waals surface area contributed by atoms with Crippen LogP contribution in [0.25, 0.3) is 5.65 Å². The lowest BCUT2D eigenvalue weighted by Gasteiger charge is -2.32. The SMILES string of the molecule is C=C(F)C(=O)N1CCC(OC(=O)N2CCC(CNc3nc(O[C@@H]4CCCN(C(=O)OCc5ccccc5)C4)nc4c(C(C)C)cnn34)CC2)C1. The van der Waals surface area contributed by atoms with Crippen LogP contribution in [0.15, 0.2) is 48.9 Å². The number of rotatable bonds is 10. The van der Waals surface area contributed by atoms with Crippen molar-refractivity contribution < 1.29 is 33.0 Å². The number of hydrogen-bond donors (Lipinski definition) is 1. The molecule has 3 amide bonds. The predicted octanol–water partition coefficient (Wildman–Crippen LogP) is 4.77. The van der Waals surface area contributed by atoms with Gasteiger partial charge in [0.2, 0.25) is 5.95 Å². The molecule has 2 aromatic heterocycles. The Hall–Kier alpha value is -4.95. The second-order valence-electron chi connectivity index (χ2n) is 13.4. The molecule has 1 aromatic carbocycles. The van der Waals surface area contributed by atoms with Crippen molar-refractivity contribution >= 4 is 29.7 Å². The molecule has 3 aromatic rings. The highest BCUT2D eigenvalue weighted by Gasteiger charge is 2.33. The van der Waals surface area contributed by atoms with Crippen molar-refractivity contribution in [3.63, 3.8) is 0 Å². The molecular weight excluding hydrogens is 647 g/mol. The zero-order chi connectivity index (χ0) is 35.2. The zero-order valence-corrected chi connectivity index (χ0v) is 28.6. The highest BCUT2D eigenvalue weighted by Crippen LogP contribution is 2.26. The molecule has 6 rings (SSSR count). The summed E-state index contributed by atoms with van der Waals surface area (Å²) in [5.41, 5.74) is 2.55. The van der Waals surface area contributed by atoms with Crippen molar-refractivity contribution in [1.82, 2.24) is 34.3 Å². The van der Waals surface area contributed by atoms with E-state index in [-0.39, 0.29) is 43.2 Å². The van der Waals surface area contributed by atoms with Gasteiger partial charge in [-0.15, -0.1) is 0 Å². The lowest BCUT2D eigenvalue weighted by Crippen LogP contribution is -2.44. The van der Waals surface area contributed by atoms with Crippen molar-refractivity contribution in [1.29, 1.82) is 0 Å². The van der Waals surface area contributed by atoms with Crippen LogP contribution in [0, 0.1) is 5.92 Å². The molecule has 1 unspecified atom stereocenters. The van der Waals surface area contributed by atoms with Crippen LogP contribution in [0.4, 0.5) is 19.9 Å². The number of piperidine rings is 2. The van der Waals surface area contributed by atoms with Gasteiger partial charge in [-0.1, -0.05) is 50.8 Å². The highest BCUT2D eigenvalue weighted by molar-refractivity contribution is 5.90. The minimum atomic E-state index is -1.01. The molecule has 3 saturated heterocycles. The van der Waals surface area contributed by atoms with E-state index in [4.69, 9.17) is 24.2 Å². The molecule has 50 heavy (non-hydrogen) atoms. The number of halogens is 1. The predicted molar refractivity (Wildman–Crippen MR) is 181 cm³/mol. The summed E-state index contributed by atoms with van der Waals surface area (Å²) in [4.78, 5) is 51.6. The summed E-state index contributed by atoms with van der Waals surface area (Å²) in [6.07, 6.45) is 3.74. The molecule has 14 nitrogen and oxygen atoms in total. The Kier molecular flexibility index (Phi) is 11.0. The first kappa shape index (κ1) is 34.9. The molecule has 1 N–H and O–H groups in total. The van der Waals surface area contributed by atoms with Gasteiger partial charge >= 0.3 is 18.2 Å². The maximum absolute atomic E-state index is 13.2. The van der Waals surface area contributed by atoms with E-state index in [0.29, 0.717) is 57.3 Å². The number of aromatic nitrogens is 4. The summed E-state index contributed by atoms with van der Waals surface area (Å²) < 4.78 is 32.4. The third kappa shape index (κ3) is 8.43. The van der Waals surface area contributed by atoms with E-state index in [1.807, 2.05) is 30.3 Å². The first-order chi connectivity index (χ1) is 24.1. The Balaban J connectivity index is 1.03. The molecule has 0 saturated carbocycles. The lowest BCUT2D eigenvalue weighted by molar-refractivity contribution is -0.128. The number of benzene rings is 1. The van der Waals surface area contributed by atoms with Gasteiger partial charge in [-0.05, 0) is 43.1 Å². The second kappa shape index (κ2) is 15.7. The first-order valence-electron chi connectivity index (χ1n) is 17.4. The third-order valence-electron chi connectivity index (χ3n) is 9.46. The summed E-state index contributed by atoms with van der Waals surface area (Å²) in [6, 6.07) is 9.80. The smallest absolute Gasteiger partial charge is 0.410 e.